The van der Waals surface area contributed by atoms with Crippen molar-refractivity contribution in [2.45, 2.75) is 52.7 Å². The number of fused-ring (bicyclic) bond motifs is 2. The normalized spacial score (nSPS) is 15.2. The van der Waals surface area contributed by atoms with Crippen LogP contribution in [-0.2, 0) is 22.5 Å². The SMILES string of the molecule is CC(C)c1ccc2c(c1)B(O)OC2.CC(C)c1ccc2c(c1)COB2O. The van der Waals surface area contributed by atoms with Crippen molar-refractivity contribution in [3.05, 3.63) is 58.7 Å². The fourth-order valence-electron chi connectivity index (χ4n) is 3.20. The van der Waals surface area contributed by atoms with Crippen molar-refractivity contribution >= 4 is 25.2 Å². The summed E-state index contributed by atoms with van der Waals surface area (Å²) in [5, 5.41) is 18.9. The summed E-state index contributed by atoms with van der Waals surface area (Å²) in [7, 11) is -1.43. The van der Waals surface area contributed by atoms with Crippen molar-refractivity contribution in [3.63, 3.8) is 0 Å². The lowest BCUT2D eigenvalue weighted by Gasteiger charge is -2.07. The van der Waals surface area contributed by atoms with Crippen LogP contribution in [0.4, 0.5) is 0 Å². The summed E-state index contributed by atoms with van der Waals surface area (Å²) in [6.45, 7) is 9.68. The molecule has 0 radical (unpaired) electrons. The number of hydrogen-bond acceptors (Lipinski definition) is 4. The van der Waals surface area contributed by atoms with E-state index < -0.39 is 14.2 Å². The maximum Gasteiger partial charge on any atom is 0.491 e. The van der Waals surface area contributed by atoms with E-state index in [-0.39, 0.29) is 0 Å². The summed E-state index contributed by atoms with van der Waals surface area (Å²) in [4.78, 5) is 0. The van der Waals surface area contributed by atoms with Crippen LogP contribution in [0, 0.1) is 0 Å². The highest BCUT2D eigenvalue weighted by Crippen LogP contribution is 2.18. The first-order chi connectivity index (χ1) is 12.4. The predicted octanol–water partition coefficient (Wildman–Crippen LogP) is 2.06. The molecule has 2 aliphatic rings. The third-order valence-electron chi connectivity index (χ3n) is 5.00. The van der Waals surface area contributed by atoms with E-state index in [9.17, 15) is 10.0 Å². The Labute approximate surface area is 156 Å². The molecule has 0 saturated carbocycles. The molecule has 0 spiro atoms. The van der Waals surface area contributed by atoms with E-state index in [1.54, 1.807) is 0 Å². The minimum Gasteiger partial charge on any atom is -0.423 e. The molecule has 0 bridgehead atoms. The molecule has 2 aromatic rings. The summed E-state index contributed by atoms with van der Waals surface area (Å²) >= 11 is 0. The van der Waals surface area contributed by atoms with Crippen molar-refractivity contribution in [1.29, 1.82) is 0 Å². The van der Waals surface area contributed by atoms with Crippen molar-refractivity contribution in [1.82, 2.24) is 0 Å². The Morgan fingerprint density at radius 1 is 0.731 bits per heavy atom. The molecule has 0 aliphatic carbocycles. The van der Waals surface area contributed by atoms with Gasteiger partial charge in [0.25, 0.3) is 0 Å². The van der Waals surface area contributed by atoms with Crippen molar-refractivity contribution in [2.24, 2.45) is 0 Å². The van der Waals surface area contributed by atoms with Crippen LogP contribution in [-0.4, -0.2) is 24.3 Å². The molecule has 136 valence electrons. The Hall–Kier alpha value is -1.59. The second-order valence-corrected chi connectivity index (χ2v) is 7.55. The Balaban J connectivity index is 0.000000151. The van der Waals surface area contributed by atoms with E-state index in [0.29, 0.717) is 25.0 Å². The molecule has 2 heterocycles. The van der Waals surface area contributed by atoms with Gasteiger partial charge in [-0.15, -0.1) is 0 Å². The average Bonchev–Trinajstić information content (AvgIpc) is 3.18. The monoisotopic (exact) mass is 352 g/mol. The third kappa shape index (κ3) is 4.04. The summed E-state index contributed by atoms with van der Waals surface area (Å²) in [5.74, 6) is 1.03. The maximum absolute atomic E-state index is 9.47. The number of hydrogen-bond donors (Lipinski definition) is 2. The zero-order chi connectivity index (χ0) is 18.8. The molecule has 0 saturated heterocycles. The standard InChI is InChI=1S/2C10H13BO2/c1-7(2)8-3-4-10-9(5-8)6-13-11(10)12;1-7(2)8-3-4-9-6-13-11(12)10(9)5-8/h2*3-5,7,12H,6H2,1-2H3. The molecule has 4 rings (SSSR count). The highest BCUT2D eigenvalue weighted by atomic mass is 16.5. The van der Waals surface area contributed by atoms with Gasteiger partial charge in [-0.3, -0.25) is 0 Å². The Morgan fingerprint density at radius 2 is 1.27 bits per heavy atom. The van der Waals surface area contributed by atoms with Crippen LogP contribution in [0.25, 0.3) is 0 Å². The fraction of sp³-hybridized carbons (Fsp3) is 0.400. The first-order valence-electron chi connectivity index (χ1n) is 9.21. The quantitative estimate of drug-likeness (QED) is 0.813. The summed E-state index contributed by atoms with van der Waals surface area (Å²) in [6.07, 6.45) is 0. The van der Waals surface area contributed by atoms with Crippen LogP contribution in [0.2, 0.25) is 0 Å². The Kier molecular flexibility index (Phi) is 5.88. The Bertz CT molecular complexity index is 776. The van der Waals surface area contributed by atoms with E-state index in [0.717, 1.165) is 22.1 Å². The number of rotatable bonds is 2. The van der Waals surface area contributed by atoms with Gasteiger partial charge in [0.1, 0.15) is 0 Å². The lowest BCUT2D eigenvalue weighted by atomic mass is 9.78. The lowest BCUT2D eigenvalue weighted by Crippen LogP contribution is -2.28. The molecule has 4 nitrogen and oxygen atoms in total. The number of benzene rings is 2. The van der Waals surface area contributed by atoms with Crippen LogP contribution in [0.1, 0.15) is 61.8 Å². The molecule has 26 heavy (non-hydrogen) atoms. The van der Waals surface area contributed by atoms with Crippen LogP contribution in [0.15, 0.2) is 36.4 Å². The maximum atomic E-state index is 9.47. The van der Waals surface area contributed by atoms with Gasteiger partial charge in [-0.05, 0) is 45.0 Å². The van der Waals surface area contributed by atoms with Crippen molar-refractivity contribution < 1.29 is 19.4 Å². The van der Waals surface area contributed by atoms with Gasteiger partial charge in [-0.1, -0.05) is 64.1 Å². The molecule has 2 aliphatic heterocycles. The molecule has 0 atom stereocenters. The second kappa shape index (κ2) is 7.97. The van der Waals surface area contributed by atoms with Gasteiger partial charge in [0.2, 0.25) is 0 Å². The van der Waals surface area contributed by atoms with E-state index in [2.05, 4.69) is 45.9 Å². The largest absolute Gasteiger partial charge is 0.491 e. The van der Waals surface area contributed by atoms with Crippen LogP contribution >= 0.6 is 0 Å². The second-order valence-electron chi connectivity index (χ2n) is 7.55. The van der Waals surface area contributed by atoms with Crippen molar-refractivity contribution in [2.75, 3.05) is 0 Å². The topological polar surface area (TPSA) is 58.9 Å². The molecule has 2 aromatic carbocycles. The first kappa shape index (κ1) is 19.2. The van der Waals surface area contributed by atoms with E-state index >= 15 is 0 Å². The van der Waals surface area contributed by atoms with E-state index in [4.69, 9.17) is 9.31 Å². The Morgan fingerprint density at radius 3 is 1.92 bits per heavy atom. The summed E-state index contributed by atoms with van der Waals surface area (Å²) < 4.78 is 10.2. The van der Waals surface area contributed by atoms with E-state index in [1.807, 2.05) is 18.2 Å². The van der Waals surface area contributed by atoms with Crippen LogP contribution < -0.4 is 10.9 Å². The van der Waals surface area contributed by atoms with Crippen molar-refractivity contribution in [3.8, 4) is 0 Å². The highest BCUT2D eigenvalue weighted by Gasteiger charge is 2.28. The molecular weight excluding hydrogens is 326 g/mol. The van der Waals surface area contributed by atoms with Gasteiger partial charge in [-0.2, -0.15) is 0 Å². The lowest BCUT2D eigenvalue weighted by molar-refractivity contribution is 0.275. The molecular formula is C20H26B2O4. The van der Waals surface area contributed by atoms with Gasteiger partial charge < -0.3 is 19.4 Å². The smallest absolute Gasteiger partial charge is 0.423 e. The van der Waals surface area contributed by atoms with Gasteiger partial charge in [0, 0.05) is 0 Å². The van der Waals surface area contributed by atoms with Gasteiger partial charge in [0.05, 0.1) is 13.2 Å². The zero-order valence-corrected chi connectivity index (χ0v) is 15.9. The zero-order valence-electron chi connectivity index (χ0n) is 15.9. The van der Waals surface area contributed by atoms with E-state index in [1.165, 1.54) is 11.1 Å². The summed E-state index contributed by atoms with van der Waals surface area (Å²) in [6, 6.07) is 12.3. The predicted molar refractivity (Wildman–Crippen MR) is 106 cm³/mol. The molecule has 0 fully saturated rings. The van der Waals surface area contributed by atoms with Gasteiger partial charge in [0.15, 0.2) is 0 Å². The molecule has 0 amide bonds. The minimum absolute atomic E-state index is 0.498. The molecule has 2 N–H and O–H groups in total. The summed E-state index contributed by atoms with van der Waals surface area (Å²) in [5.41, 5.74) is 6.64. The minimum atomic E-state index is -0.714. The van der Waals surface area contributed by atoms with Crippen LogP contribution in [0.3, 0.4) is 0 Å². The first-order valence-corrected chi connectivity index (χ1v) is 9.21. The van der Waals surface area contributed by atoms with Gasteiger partial charge in [-0.25, -0.2) is 0 Å². The average molecular weight is 352 g/mol. The van der Waals surface area contributed by atoms with Crippen LogP contribution in [0.5, 0.6) is 0 Å². The van der Waals surface area contributed by atoms with Gasteiger partial charge >= 0.3 is 14.2 Å². The molecule has 0 aromatic heterocycles. The third-order valence-corrected chi connectivity index (χ3v) is 5.00. The molecule has 0 unspecified atom stereocenters. The highest BCUT2D eigenvalue weighted by molar-refractivity contribution is 6.61. The fourth-order valence-corrected chi connectivity index (χ4v) is 3.20. The molecule has 6 heteroatoms.